The summed E-state index contributed by atoms with van der Waals surface area (Å²) in [5.41, 5.74) is -0.437. The van der Waals surface area contributed by atoms with Gasteiger partial charge in [-0.3, -0.25) is 0 Å². The first-order chi connectivity index (χ1) is 7.42. The Hall–Kier alpha value is -0.770. The molecule has 2 saturated heterocycles. The molecule has 2 fully saturated rings. The lowest BCUT2D eigenvalue weighted by atomic mass is 9.90. The van der Waals surface area contributed by atoms with E-state index in [1.165, 1.54) is 0 Å². The summed E-state index contributed by atoms with van der Waals surface area (Å²) >= 11 is 0. The van der Waals surface area contributed by atoms with Crippen LogP contribution in [0.3, 0.4) is 0 Å². The third kappa shape index (κ3) is 2.03. The van der Waals surface area contributed by atoms with Crippen molar-refractivity contribution in [1.82, 2.24) is 4.90 Å². The van der Waals surface area contributed by atoms with Crippen LogP contribution in [0.25, 0.3) is 0 Å². The number of ether oxygens (including phenoxy) is 1. The summed E-state index contributed by atoms with van der Waals surface area (Å²) in [4.78, 5) is 13.9. The molecule has 92 valence electrons. The number of aliphatic hydroxyl groups is 1. The lowest BCUT2D eigenvalue weighted by Gasteiger charge is -2.28. The zero-order valence-electron chi connectivity index (χ0n) is 10.3. The van der Waals surface area contributed by atoms with Gasteiger partial charge in [-0.1, -0.05) is 0 Å². The molecule has 2 bridgehead atoms. The molecule has 4 heteroatoms. The minimum Gasteiger partial charge on any atom is -0.444 e. The van der Waals surface area contributed by atoms with E-state index in [9.17, 15) is 9.90 Å². The normalized spacial score (nSPS) is 33.2. The quantitative estimate of drug-likeness (QED) is 0.742. The molecule has 2 aliphatic heterocycles. The first-order valence-corrected chi connectivity index (χ1v) is 6.04. The van der Waals surface area contributed by atoms with Crippen molar-refractivity contribution < 1.29 is 14.6 Å². The third-order valence-electron chi connectivity index (χ3n) is 3.50. The lowest BCUT2D eigenvalue weighted by Crippen LogP contribution is -2.40. The Morgan fingerprint density at radius 1 is 1.44 bits per heavy atom. The summed E-state index contributed by atoms with van der Waals surface area (Å²) in [6, 6.07) is 0.488. The minimum absolute atomic E-state index is 0.181. The highest BCUT2D eigenvalue weighted by molar-refractivity contribution is 5.70. The number of hydrogen-bond acceptors (Lipinski definition) is 3. The van der Waals surface area contributed by atoms with Crippen molar-refractivity contribution in [3.05, 3.63) is 0 Å². The summed E-state index contributed by atoms with van der Waals surface area (Å²) in [6.07, 6.45) is 2.78. The van der Waals surface area contributed by atoms with E-state index in [2.05, 4.69) is 0 Å². The Kier molecular flexibility index (Phi) is 2.86. The van der Waals surface area contributed by atoms with Gasteiger partial charge in [0, 0.05) is 24.6 Å². The van der Waals surface area contributed by atoms with Gasteiger partial charge in [0.2, 0.25) is 0 Å². The number of amides is 1. The van der Waals surface area contributed by atoms with Crippen LogP contribution in [0.4, 0.5) is 4.79 Å². The van der Waals surface area contributed by atoms with Crippen LogP contribution in [0, 0.1) is 5.92 Å². The molecule has 0 aromatic carbocycles. The molecule has 3 unspecified atom stereocenters. The zero-order chi connectivity index (χ0) is 11.9. The standard InChI is InChI=1S/C12H21NO3/c1-12(2,3)16-11(15)13-9-4-5-10(13)8(6-9)7-14/h8-10,14H,4-7H2,1-3H3. The predicted octanol–water partition coefficient (Wildman–Crippen LogP) is 1.77. The van der Waals surface area contributed by atoms with E-state index in [0.29, 0.717) is 0 Å². The number of aliphatic hydroxyl groups excluding tert-OH is 1. The summed E-state index contributed by atoms with van der Waals surface area (Å²) in [7, 11) is 0. The number of carbonyl (C=O) groups is 1. The molecular weight excluding hydrogens is 206 g/mol. The highest BCUT2D eigenvalue weighted by atomic mass is 16.6. The maximum atomic E-state index is 12.0. The van der Waals surface area contributed by atoms with Crippen molar-refractivity contribution in [1.29, 1.82) is 0 Å². The smallest absolute Gasteiger partial charge is 0.410 e. The second-order valence-electron chi connectivity index (χ2n) is 5.86. The summed E-state index contributed by atoms with van der Waals surface area (Å²) in [6.45, 7) is 5.83. The predicted molar refractivity (Wildman–Crippen MR) is 60.1 cm³/mol. The van der Waals surface area contributed by atoms with Crippen molar-refractivity contribution in [2.45, 2.75) is 57.7 Å². The largest absolute Gasteiger partial charge is 0.444 e. The summed E-state index contributed by atoms with van der Waals surface area (Å²) in [5.74, 6) is 0.256. The molecule has 1 N–H and O–H groups in total. The van der Waals surface area contributed by atoms with Gasteiger partial charge < -0.3 is 14.7 Å². The Morgan fingerprint density at radius 2 is 2.12 bits per heavy atom. The van der Waals surface area contributed by atoms with Crippen LogP contribution in [0.2, 0.25) is 0 Å². The van der Waals surface area contributed by atoms with Gasteiger partial charge in [-0.2, -0.15) is 0 Å². The molecule has 1 amide bonds. The van der Waals surface area contributed by atoms with Crippen molar-refractivity contribution >= 4 is 6.09 Å². The van der Waals surface area contributed by atoms with Gasteiger partial charge in [0.25, 0.3) is 0 Å². The van der Waals surface area contributed by atoms with Crippen molar-refractivity contribution in [2.75, 3.05) is 6.61 Å². The maximum Gasteiger partial charge on any atom is 0.410 e. The second-order valence-corrected chi connectivity index (χ2v) is 5.86. The highest BCUT2D eigenvalue weighted by Crippen LogP contribution is 2.42. The van der Waals surface area contributed by atoms with Crippen molar-refractivity contribution in [3.8, 4) is 0 Å². The maximum absolute atomic E-state index is 12.0. The Morgan fingerprint density at radius 3 is 2.62 bits per heavy atom. The molecule has 0 aromatic rings. The average Bonchev–Trinajstić information content (AvgIpc) is 2.70. The third-order valence-corrected chi connectivity index (χ3v) is 3.50. The molecule has 0 aromatic heterocycles. The Labute approximate surface area is 96.6 Å². The molecule has 0 radical (unpaired) electrons. The topological polar surface area (TPSA) is 49.8 Å². The molecule has 3 atom stereocenters. The average molecular weight is 227 g/mol. The fourth-order valence-corrected chi connectivity index (χ4v) is 2.91. The van der Waals surface area contributed by atoms with E-state index in [-0.39, 0.29) is 30.7 Å². The van der Waals surface area contributed by atoms with Crippen LogP contribution in [-0.2, 0) is 4.74 Å². The van der Waals surface area contributed by atoms with E-state index in [1.807, 2.05) is 25.7 Å². The van der Waals surface area contributed by atoms with Crippen LogP contribution in [0.5, 0.6) is 0 Å². The van der Waals surface area contributed by atoms with Crippen LogP contribution in [0.1, 0.15) is 40.0 Å². The van der Waals surface area contributed by atoms with E-state index < -0.39 is 5.60 Å². The van der Waals surface area contributed by atoms with Gasteiger partial charge in [-0.15, -0.1) is 0 Å². The Bertz CT molecular complexity index is 284. The van der Waals surface area contributed by atoms with Gasteiger partial charge in [0.15, 0.2) is 0 Å². The second kappa shape index (κ2) is 3.91. The molecule has 0 spiro atoms. The molecule has 0 saturated carbocycles. The fraction of sp³-hybridized carbons (Fsp3) is 0.917. The van der Waals surface area contributed by atoms with Crippen LogP contribution in [-0.4, -0.2) is 40.4 Å². The summed E-state index contributed by atoms with van der Waals surface area (Å²) in [5, 5.41) is 9.24. The van der Waals surface area contributed by atoms with Crippen molar-refractivity contribution in [3.63, 3.8) is 0 Å². The van der Waals surface area contributed by atoms with Gasteiger partial charge in [0.05, 0.1) is 0 Å². The Balaban J connectivity index is 2.03. The molecule has 2 heterocycles. The molecule has 2 aliphatic rings. The van der Waals surface area contributed by atoms with Crippen molar-refractivity contribution in [2.24, 2.45) is 5.92 Å². The van der Waals surface area contributed by atoms with Gasteiger partial charge in [0.1, 0.15) is 5.60 Å². The lowest BCUT2D eigenvalue weighted by molar-refractivity contribution is 0.0197. The molecule has 4 nitrogen and oxygen atoms in total. The van der Waals surface area contributed by atoms with Gasteiger partial charge in [-0.05, 0) is 40.0 Å². The zero-order valence-corrected chi connectivity index (χ0v) is 10.3. The summed E-state index contributed by atoms with van der Waals surface area (Å²) < 4.78 is 5.40. The molecule has 0 aliphatic carbocycles. The number of carbonyl (C=O) groups excluding carboxylic acids is 1. The van der Waals surface area contributed by atoms with E-state index in [1.54, 1.807) is 0 Å². The first kappa shape index (κ1) is 11.7. The van der Waals surface area contributed by atoms with Crippen LogP contribution >= 0.6 is 0 Å². The number of nitrogens with zero attached hydrogens (tertiary/aromatic N) is 1. The number of rotatable bonds is 1. The molecule has 16 heavy (non-hydrogen) atoms. The van der Waals surface area contributed by atoms with Gasteiger partial charge >= 0.3 is 6.09 Å². The minimum atomic E-state index is -0.437. The highest BCUT2D eigenvalue weighted by Gasteiger charge is 2.49. The fourth-order valence-electron chi connectivity index (χ4n) is 2.91. The van der Waals surface area contributed by atoms with E-state index in [0.717, 1.165) is 19.3 Å². The number of hydrogen-bond donors (Lipinski definition) is 1. The monoisotopic (exact) mass is 227 g/mol. The van der Waals surface area contributed by atoms with E-state index in [4.69, 9.17) is 4.74 Å². The van der Waals surface area contributed by atoms with Crippen LogP contribution < -0.4 is 0 Å². The molecular formula is C12H21NO3. The SMILES string of the molecule is CC(C)(C)OC(=O)N1C2CCC1C(CO)C2. The molecule has 2 rings (SSSR count). The van der Waals surface area contributed by atoms with Crippen LogP contribution in [0.15, 0.2) is 0 Å². The number of fused-ring (bicyclic) bond motifs is 2. The first-order valence-electron chi connectivity index (χ1n) is 6.04. The van der Waals surface area contributed by atoms with E-state index >= 15 is 0 Å². The van der Waals surface area contributed by atoms with Gasteiger partial charge in [-0.25, -0.2) is 4.79 Å².